The molecule has 1 aromatic heterocycles. The molecular formula is C27H26ClN3O. The van der Waals surface area contributed by atoms with Gasteiger partial charge in [0.25, 0.3) is 0 Å². The average Bonchev–Trinajstić information content (AvgIpc) is 3.16. The quantitative estimate of drug-likeness (QED) is 0.392. The van der Waals surface area contributed by atoms with Gasteiger partial charge in [0.1, 0.15) is 0 Å². The van der Waals surface area contributed by atoms with Gasteiger partial charge in [0.2, 0.25) is 0 Å². The molecule has 0 amide bonds. The SMILES string of the molecule is Cc1[nH]c2ccccc2c1C(=O)C(c1ccccc1)N1CCN(c2ccc(Cl)cc2)CC1. The second kappa shape index (κ2) is 8.81. The van der Waals surface area contributed by atoms with Crippen molar-refractivity contribution in [2.24, 2.45) is 0 Å². The van der Waals surface area contributed by atoms with Gasteiger partial charge in [-0.3, -0.25) is 9.69 Å². The maximum atomic E-state index is 14.0. The summed E-state index contributed by atoms with van der Waals surface area (Å²) in [4.78, 5) is 22.1. The van der Waals surface area contributed by atoms with E-state index in [-0.39, 0.29) is 11.8 Å². The third-order valence-electron chi connectivity index (χ3n) is 6.37. The number of aromatic amines is 1. The maximum Gasteiger partial charge on any atom is 0.186 e. The second-order valence-electron chi connectivity index (χ2n) is 8.35. The zero-order valence-corrected chi connectivity index (χ0v) is 18.8. The number of anilines is 1. The van der Waals surface area contributed by atoms with Crippen molar-refractivity contribution >= 4 is 34.0 Å². The summed E-state index contributed by atoms with van der Waals surface area (Å²) in [5, 5.41) is 1.74. The van der Waals surface area contributed by atoms with E-state index >= 15 is 0 Å². The lowest BCUT2D eigenvalue weighted by atomic mass is 9.93. The van der Waals surface area contributed by atoms with Crippen molar-refractivity contribution in [3.8, 4) is 0 Å². The van der Waals surface area contributed by atoms with E-state index in [1.165, 1.54) is 5.69 Å². The number of hydrogen-bond donors (Lipinski definition) is 1. The Morgan fingerprint density at radius 2 is 1.53 bits per heavy atom. The molecule has 1 saturated heterocycles. The minimum atomic E-state index is -0.304. The molecule has 32 heavy (non-hydrogen) atoms. The molecule has 1 aliphatic heterocycles. The number of ketones is 1. The van der Waals surface area contributed by atoms with E-state index in [4.69, 9.17) is 11.6 Å². The Morgan fingerprint density at radius 3 is 2.25 bits per heavy atom. The first-order chi connectivity index (χ1) is 15.6. The molecule has 1 unspecified atom stereocenters. The molecule has 5 rings (SSSR count). The van der Waals surface area contributed by atoms with Crippen molar-refractivity contribution in [2.75, 3.05) is 31.1 Å². The summed E-state index contributed by atoms with van der Waals surface area (Å²) in [5.41, 5.74) is 4.95. The Hall–Kier alpha value is -3.08. The minimum Gasteiger partial charge on any atom is -0.369 e. The molecule has 2 heterocycles. The Labute approximate surface area is 193 Å². The van der Waals surface area contributed by atoms with Crippen molar-refractivity contribution in [2.45, 2.75) is 13.0 Å². The lowest BCUT2D eigenvalue weighted by Crippen LogP contribution is -2.49. The molecule has 5 heteroatoms. The van der Waals surface area contributed by atoms with Gasteiger partial charge in [-0.25, -0.2) is 0 Å². The molecule has 0 bridgehead atoms. The number of hydrogen-bond acceptors (Lipinski definition) is 3. The number of piperazine rings is 1. The highest BCUT2D eigenvalue weighted by Gasteiger charge is 2.33. The largest absolute Gasteiger partial charge is 0.369 e. The number of para-hydroxylation sites is 1. The first kappa shape index (κ1) is 20.8. The number of fused-ring (bicyclic) bond motifs is 1. The molecule has 4 nitrogen and oxygen atoms in total. The Kier molecular flexibility index (Phi) is 5.73. The summed E-state index contributed by atoms with van der Waals surface area (Å²) < 4.78 is 0. The van der Waals surface area contributed by atoms with Crippen molar-refractivity contribution < 1.29 is 4.79 Å². The smallest absolute Gasteiger partial charge is 0.186 e. The molecule has 3 aromatic carbocycles. The topological polar surface area (TPSA) is 39.3 Å². The fourth-order valence-electron chi connectivity index (χ4n) is 4.78. The number of aromatic nitrogens is 1. The highest BCUT2D eigenvalue weighted by molar-refractivity contribution is 6.30. The molecular weight excluding hydrogens is 418 g/mol. The van der Waals surface area contributed by atoms with E-state index in [0.29, 0.717) is 0 Å². The third kappa shape index (κ3) is 3.92. The molecule has 4 aromatic rings. The molecule has 0 aliphatic carbocycles. The maximum absolute atomic E-state index is 14.0. The zero-order chi connectivity index (χ0) is 22.1. The molecule has 0 radical (unpaired) electrons. The predicted molar refractivity (Wildman–Crippen MR) is 132 cm³/mol. The van der Waals surface area contributed by atoms with Gasteiger partial charge in [0, 0.05) is 59.0 Å². The van der Waals surface area contributed by atoms with Crippen molar-refractivity contribution in [3.05, 3.63) is 101 Å². The number of halogens is 1. The van der Waals surface area contributed by atoms with Crippen LogP contribution in [-0.4, -0.2) is 41.8 Å². The van der Waals surface area contributed by atoms with Crippen LogP contribution in [-0.2, 0) is 0 Å². The van der Waals surface area contributed by atoms with Gasteiger partial charge in [-0.1, -0.05) is 60.1 Å². The number of nitrogens with zero attached hydrogens (tertiary/aromatic N) is 2. The number of aryl methyl sites for hydroxylation is 1. The van der Waals surface area contributed by atoms with Gasteiger partial charge in [-0.05, 0) is 42.8 Å². The summed E-state index contributed by atoms with van der Waals surface area (Å²) >= 11 is 6.05. The minimum absolute atomic E-state index is 0.158. The highest BCUT2D eigenvalue weighted by atomic mass is 35.5. The van der Waals surface area contributed by atoms with Gasteiger partial charge in [0.05, 0.1) is 6.04 Å². The number of nitrogens with one attached hydrogen (secondary N) is 1. The monoisotopic (exact) mass is 443 g/mol. The molecule has 1 aliphatic rings. The van der Waals surface area contributed by atoms with Gasteiger partial charge in [0.15, 0.2) is 5.78 Å². The fourth-order valence-corrected chi connectivity index (χ4v) is 4.91. The van der Waals surface area contributed by atoms with E-state index in [1.54, 1.807) is 0 Å². The number of rotatable bonds is 5. The molecule has 0 spiro atoms. The normalized spacial score (nSPS) is 15.8. The summed E-state index contributed by atoms with van der Waals surface area (Å²) in [6.07, 6.45) is 0. The van der Waals surface area contributed by atoms with Crippen molar-refractivity contribution in [1.82, 2.24) is 9.88 Å². The van der Waals surface area contributed by atoms with Crippen LogP contribution in [0.4, 0.5) is 5.69 Å². The first-order valence-electron chi connectivity index (χ1n) is 11.0. The van der Waals surface area contributed by atoms with Crippen LogP contribution in [0.15, 0.2) is 78.9 Å². The van der Waals surface area contributed by atoms with Gasteiger partial charge >= 0.3 is 0 Å². The molecule has 162 valence electrons. The van der Waals surface area contributed by atoms with Crippen LogP contribution in [0.25, 0.3) is 10.9 Å². The predicted octanol–water partition coefficient (Wildman–Crippen LogP) is 5.88. The van der Waals surface area contributed by atoms with Crippen LogP contribution in [0.3, 0.4) is 0 Å². The fraction of sp³-hybridized carbons (Fsp3) is 0.222. The van der Waals surface area contributed by atoms with E-state index in [0.717, 1.165) is 58.9 Å². The number of carbonyl (C=O) groups excluding carboxylic acids is 1. The van der Waals surface area contributed by atoms with E-state index in [9.17, 15) is 4.79 Å². The lowest BCUT2D eigenvalue weighted by Gasteiger charge is -2.40. The summed E-state index contributed by atoms with van der Waals surface area (Å²) in [6, 6.07) is 25.9. The van der Waals surface area contributed by atoms with Crippen LogP contribution in [0.2, 0.25) is 5.02 Å². The number of benzene rings is 3. The van der Waals surface area contributed by atoms with E-state index < -0.39 is 0 Å². The number of carbonyl (C=O) groups is 1. The second-order valence-corrected chi connectivity index (χ2v) is 8.78. The van der Waals surface area contributed by atoms with Gasteiger partial charge < -0.3 is 9.88 Å². The van der Waals surface area contributed by atoms with Crippen molar-refractivity contribution in [3.63, 3.8) is 0 Å². The van der Waals surface area contributed by atoms with Crippen LogP contribution in [0.5, 0.6) is 0 Å². The van der Waals surface area contributed by atoms with Crippen molar-refractivity contribution in [1.29, 1.82) is 0 Å². The average molecular weight is 444 g/mol. The third-order valence-corrected chi connectivity index (χ3v) is 6.63. The zero-order valence-electron chi connectivity index (χ0n) is 18.1. The first-order valence-corrected chi connectivity index (χ1v) is 11.4. The highest BCUT2D eigenvalue weighted by Crippen LogP contribution is 2.32. The molecule has 1 N–H and O–H groups in total. The Morgan fingerprint density at radius 1 is 0.875 bits per heavy atom. The van der Waals surface area contributed by atoms with Crippen LogP contribution < -0.4 is 4.90 Å². The summed E-state index contributed by atoms with van der Waals surface area (Å²) in [6.45, 7) is 5.36. The molecule has 1 atom stereocenters. The lowest BCUT2D eigenvalue weighted by molar-refractivity contribution is 0.0807. The summed E-state index contributed by atoms with van der Waals surface area (Å²) in [5.74, 6) is 0.158. The van der Waals surface area contributed by atoms with E-state index in [1.807, 2.05) is 61.5 Å². The van der Waals surface area contributed by atoms with Crippen LogP contribution in [0.1, 0.15) is 27.7 Å². The Balaban J connectivity index is 1.45. The molecule has 0 saturated carbocycles. The van der Waals surface area contributed by atoms with Gasteiger partial charge in [-0.2, -0.15) is 0 Å². The Bertz CT molecular complexity index is 1220. The van der Waals surface area contributed by atoms with Gasteiger partial charge in [-0.15, -0.1) is 0 Å². The standard InChI is InChI=1S/C27H26ClN3O/c1-19-25(23-9-5-6-10-24(23)29-19)27(32)26(20-7-3-2-4-8-20)31-17-15-30(16-18-31)22-13-11-21(28)12-14-22/h2-14,26,29H,15-18H2,1H3. The van der Waals surface area contributed by atoms with Crippen LogP contribution in [0, 0.1) is 6.92 Å². The van der Waals surface area contributed by atoms with Crippen LogP contribution >= 0.6 is 11.6 Å². The molecule has 1 fully saturated rings. The summed E-state index contributed by atoms with van der Waals surface area (Å²) in [7, 11) is 0. The number of Topliss-reactive ketones (excluding diaryl/α,β-unsaturated/α-hetero) is 1. The number of H-pyrrole nitrogens is 1. The van der Waals surface area contributed by atoms with E-state index in [2.05, 4.69) is 39.0 Å².